The van der Waals surface area contributed by atoms with Gasteiger partial charge >= 0.3 is 0 Å². The van der Waals surface area contributed by atoms with Crippen LogP contribution in [-0.4, -0.2) is 33.2 Å². The Balaban J connectivity index is 1.57. The molecule has 0 spiro atoms. The summed E-state index contributed by atoms with van der Waals surface area (Å²) in [6.07, 6.45) is 2.21. The largest absolute Gasteiger partial charge is 0.495 e. The minimum absolute atomic E-state index is 0.0665. The highest BCUT2D eigenvalue weighted by atomic mass is 35.5. The van der Waals surface area contributed by atoms with E-state index < -0.39 is 0 Å². The third-order valence-corrected chi connectivity index (χ3v) is 5.07. The molecule has 0 radical (unpaired) electrons. The van der Waals surface area contributed by atoms with Crippen molar-refractivity contribution >= 4 is 23.2 Å². The highest BCUT2D eigenvalue weighted by Gasteiger charge is 2.44. The van der Waals surface area contributed by atoms with Crippen molar-refractivity contribution in [2.45, 2.75) is 18.3 Å². The van der Waals surface area contributed by atoms with E-state index in [1.54, 1.807) is 26.4 Å². The number of carbonyl (C=O) groups is 1. The summed E-state index contributed by atoms with van der Waals surface area (Å²) >= 11 is 6.10. The normalized spacial score (nSPS) is 14.4. The molecule has 1 aliphatic rings. The lowest BCUT2D eigenvalue weighted by atomic mass is 9.96. The van der Waals surface area contributed by atoms with Crippen LogP contribution in [0, 0.1) is 0 Å². The lowest BCUT2D eigenvalue weighted by Gasteiger charge is -2.17. The molecule has 138 valence electrons. The smallest absolute Gasteiger partial charge is 0.239 e. The Morgan fingerprint density at radius 3 is 2.42 bits per heavy atom. The summed E-state index contributed by atoms with van der Waals surface area (Å²) in [6, 6.07) is 13.7. The molecule has 0 aromatic heterocycles. The van der Waals surface area contributed by atoms with Gasteiger partial charge in [-0.25, -0.2) is 0 Å². The average molecular weight is 375 g/mol. The van der Waals surface area contributed by atoms with Crippen LogP contribution in [0.2, 0.25) is 5.02 Å². The summed E-state index contributed by atoms with van der Waals surface area (Å²) in [5.41, 5.74) is 2.04. The number of carbonyl (C=O) groups excluding carboxylic acids is 1. The Bertz CT molecular complexity index is 776. The van der Waals surface area contributed by atoms with Crippen molar-refractivity contribution in [1.82, 2.24) is 5.32 Å². The van der Waals surface area contributed by atoms with Crippen LogP contribution in [0.3, 0.4) is 0 Å². The van der Waals surface area contributed by atoms with Gasteiger partial charge in [0.1, 0.15) is 11.5 Å². The van der Waals surface area contributed by atoms with Crippen LogP contribution in [0.15, 0.2) is 42.5 Å². The van der Waals surface area contributed by atoms with E-state index in [1.165, 1.54) is 5.56 Å². The second-order valence-corrected chi connectivity index (χ2v) is 6.87. The number of anilines is 1. The van der Waals surface area contributed by atoms with Crippen molar-refractivity contribution in [2.24, 2.45) is 0 Å². The van der Waals surface area contributed by atoms with Crippen LogP contribution in [0.25, 0.3) is 0 Å². The number of hydrogen-bond acceptors (Lipinski definition) is 4. The molecule has 0 atom stereocenters. The van der Waals surface area contributed by atoms with Crippen molar-refractivity contribution in [2.75, 3.05) is 32.6 Å². The fraction of sp³-hybridized carbons (Fsp3) is 0.350. The molecule has 2 aromatic rings. The molecule has 0 heterocycles. The van der Waals surface area contributed by atoms with Crippen LogP contribution in [0.1, 0.15) is 18.4 Å². The molecule has 0 aliphatic heterocycles. The molecule has 0 bridgehead atoms. The molecule has 5 nitrogen and oxygen atoms in total. The van der Waals surface area contributed by atoms with Crippen LogP contribution in [0.5, 0.6) is 11.5 Å². The van der Waals surface area contributed by atoms with Gasteiger partial charge in [0.25, 0.3) is 0 Å². The number of nitrogens with one attached hydrogen (secondary N) is 2. The fourth-order valence-electron chi connectivity index (χ4n) is 3.01. The monoisotopic (exact) mass is 374 g/mol. The van der Waals surface area contributed by atoms with E-state index >= 15 is 0 Å². The third-order valence-electron chi connectivity index (χ3n) is 4.78. The van der Waals surface area contributed by atoms with Crippen molar-refractivity contribution < 1.29 is 14.3 Å². The molecule has 1 saturated carbocycles. The number of rotatable bonds is 8. The Morgan fingerprint density at radius 2 is 1.81 bits per heavy atom. The quantitative estimate of drug-likeness (QED) is 0.741. The van der Waals surface area contributed by atoms with Crippen molar-refractivity contribution in [3.8, 4) is 11.5 Å². The van der Waals surface area contributed by atoms with Gasteiger partial charge in [-0.2, -0.15) is 0 Å². The lowest BCUT2D eigenvalue weighted by molar-refractivity contribution is -0.119. The molecule has 1 aliphatic carbocycles. The number of halogens is 1. The minimum atomic E-state index is -0.0665. The molecule has 1 fully saturated rings. The Hall–Kier alpha value is -2.40. The van der Waals surface area contributed by atoms with E-state index in [0.717, 1.165) is 12.8 Å². The second kappa shape index (κ2) is 7.87. The summed E-state index contributed by atoms with van der Waals surface area (Å²) in [6.45, 7) is 0.796. The first-order valence-corrected chi connectivity index (χ1v) is 8.93. The number of methoxy groups -OCH3 is 2. The Morgan fingerprint density at radius 1 is 1.12 bits per heavy atom. The zero-order valence-electron chi connectivity index (χ0n) is 15.0. The van der Waals surface area contributed by atoms with E-state index in [9.17, 15) is 4.79 Å². The summed E-state index contributed by atoms with van der Waals surface area (Å²) in [5, 5.41) is 6.58. The van der Waals surface area contributed by atoms with Crippen molar-refractivity contribution in [3.63, 3.8) is 0 Å². The zero-order chi connectivity index (χ0) is 18.6. The maximum Gasteiger partial charge on any atom is 0.239 e. The summed E-state index contributed by atoms with van der Waals surface area (Å²) in [4.78, 5) is 12.3. The van der Waals surface area contributed by atoms with E-state index in [2.05, 4.69) is 22.8 Å². The summed E-state index contributed by atoms with van der Waals surface area (Å²) in [5.74, 6) is 1.02. The Labute approximate surface area is 158 Å². The zero-order valence-corrected chi connectivity index (χ0v) is 15.7. The van der Waals surface area contributed by atoms with Gasteiger partial charge in [-0.1, -0.05) is 41.9 Å². The molecular formula is C20H23ClN2O3. The van der Waals surface area contributed by atoms with Gasteiger partial charge in [0.05, 0.1) is 31.5 Å². The molecule has 2 N–H and O–H groups in total. The van der Waals surface area contributed by atoms with Crippen molar-refractivity contribution in [3.05, 3.63) is 53.1 Å². The van der Waals surface area contributed by atoms with Gasteiger partial charge in [-0.15, -0.1) is 0 Å². The summed E-state index contributed by atoms with van der Waals surface area (Å²) in [7, 11) is 3.10. The maximum absolute atomic E-state index is 12.3. The maximum atomic E-state index is 12.3. The van der Waals surface area contributed by atoms with E-state index in [4.69, 9.17) is 21.1 Å². The van der Waals surface area contributed by atoms with Gasteiger partial charge in [0, 0.05) is 24.1 Å². The average Bonchev–Trinajstić information content (AvgIpc) is 3.47. The predicted octanol–water partition coefficient (Wildman–Crippen LogP) is 3.62. The standard InChI is InChI=1S/C20H23ClN2O3/c1-25-17-11-16(18(26-2)10-15(17)21)22-12-19(24)23-13-20(8-9-20)14-6-4-3-5-7-14/h3-7,10-11,22H,8-9,12-13H2,1-2H3,(H,23,24). The number of amides is 1. The van der Waals surface area contributed by atoms with Gasteiger partial charge in [-0.05, 0) is 18.4 Å². The molecular weight excluding hydrogens is 352 g/mol. The summed E-state index contributed by atoms with van der Waals surface area (Å²) < 4.78 is 10.5. The van der Waals surface area contributed by atoms with E-state index in [-0.39, 0.29) is 17.9 Å². The number of hydrogen-bond donors (Lipinski definition) is 2. The fourth-order valence-corrected chi connectivity index (χ4v) is 3.25. The first-order chi connectivity index (χ1) is 12.6. The minimum Gasteiger partial charge on any atom is -0.495 e. The number of benzene rings is 2. The van der Waals surface area contributed by atoms with Crippen LogP contribution in [0.4, 0.5) is 5.69 Å². The molecule has 0 unspecified atom stereocenters. The predicted molar refractivity (Wildman–Crippen MR) is 103 cm³/mol. The second-order valence-electron chi connectivity index (χ2n) is 6.46. The third kappa shape index (κ3) is 4.05. The highest BCUT2D eigenvalue weighted by molar-refractivity contribution is 6.32. The van der Waals surface area contributed by atoms with E-state index in [1.807, 2.05) is 18.2 Å². The van der Waals surface area contributed by atoms with Gasteiger partial charge < -0.3 is 20.1 Å². The molecule has 2 aromatic carbocycles. The van der Waals surface area contributed by atoms with Crippen LogP contribution < -0.4 is 20.1 Å². The lowest BCUT2D eigenvalue weighted by Crippen LogP contribution is -2.36. The van der Waals surface area contributed by atoms with Crippen LogP contribution in [-0.2, 0) is 10.2 Å². The van der Waals surface area contributed by atoms with Crippen LogP contribution >= 0.6 is 11.6 Å². The highest BCUT2D eigenvalue weighted by Crippen LogP contribution is 2.47. The topological polar surface area (TPSA) is 59.6 Å². The Kier molecular flexibility index (Phi) is 5.57. The van der Waals surface area contributed by atoms with Gasteiger partial charge in [0.15, 0.2) is 0 Å². The molecule has 0 saturated heterocycles. The van der Waals surface area contributed by atoms with E-state index in [0.29, 0.717) is 28.8 Å². The molecule has 1 amide bonds. The molecule has 26 heavy (non-hydrogen) atoms. The first-order valence-electron chi connectivity index (χ1n) is 8.55. The van der Waals surface area contributed by atoms with Gasteiger partial charge in [0.2, 0.25) is 5.91 Å². The first kappa shape index (κ1) is 18.4. The van der Waals surface area contributed by atoms with Crippen molar-refractivity contribution in [1.29, 1.82) is 0 Å². The SMILES string of the molecule is COc1cc(NCC(=O)NCC2(c3ccccc3)CC2)c(OC)cc1Cl. The molecule has 6 heteroatoms. The van der Waals surface area contributed by atoms with Gasteiger partial charge in [-0.3, -0.25) is 4.79 Å². The number of ether oxygens (including phenoxy) is 2. The molecule has 3 rings (SSSR count).